The van der Waals surface area contributed by atoms with Gasteiger partial charge in [-0.2, -0.15) is 5.26 Å². The van der Waals surface area contributed by atoms with Crippen molar-refractivity contribution in [3.8, 4) is 6.07 Å². The van der Waals surface area contributed by atoms with Gasteiger partial charge in [-0.15, -0.1) is 11.3 Å². The van der Waals surface area contributed by atoms with Crippen LogP contribution in [0.4, 0.5) is 9.39 Å². The average molecular weight is 499 g/mol. The molecule has 0 aliphatic carbocycles. The van der Waals surface area contributed by atoms with Crippen molar-refractivity contribution >= 4 is 32.3 Å². The maximum atomic E-state index is 13.7. The van der Waals surface area contributed by atoms with Gasteiger partial charge in [0.25, 0.3) is 0 Å². The van der Waals surface area contributed by atoms with Crippen LogP contribution in [0.2, 0.25) is 0 Å². The van der Waals surface area contributed by atoms with Crippen molar-refractivity contribution in [2.45, 2.75) is 30.1 Å². The number of nitriles is 1. The fourth-order valence-corrected chi connectivity index (χ4v) is 5.95. The van der Waals surface area contributed by atoms with Crippen LogP contribution in [0.25, 0.3) is 0 Å². The number of fused-ring (bicyclic) bond motifs is 1. The molecule has 176 valence electrons. The van der Waals surface area contributed by atoms with Crippen LogP contribution in [0.1, 0.15) is 33.0 Å². The molecule has 7 nitrogen and oxygen atoms in total. The Balaban J connectivity index is 1.55. The van der Waals surface area contributed by atoms with Gasteiger partial charge in [0.05, 0.1) is 16.9 Å². The summed E-state index contributed by atoms with van der Waals surface area (Å²) in [5.41, 5.74) is 2.88. The third-order valence-corrected chi connectivity index (χ3v) is 7.94. The lowest BCUT2D eigenvalue weighted by Crippen LogP contribution is -2.21. The topological polar surface area (TPSA) is 125 Å². The van der Waals surface area contributed by atoms with E-state index in [0.29, 0.717) is 42.1 Å². The summed E-state index contributed by atoms with van der Waals surface area (Å²) < 4.78 is 36.5. The van der Waals surface area contributed by atoms with Crippen molar-refractivity contribution in [2.24, 2.45) is 5.14 Å². The van der Waals surface area contributed by atoms with E-state index in [1.165, 1.54) is 47.7 Å². The van der Waals surface area contributed by atoms with E-state index >= 15 is 0 Å². The predicted octanol–water partition coefficient (Wildman–Crippen LogP) is 3.06. The molecule has 1 amide bonds. The number of primary sulfonamides is 1. The van der Waals surface area contributed by atoms with Gasteiger partial charge in [0.2, 0.25) is 15.9 Å². The number of rotatable bonds is 6. The number of nitrogens with two attached hydrogens (primary N) is 1. The van der Waals surface area contributed by atoms with Crippen LogP contribution in [0.3, 0.4) is 0 Å². The van der Waals surface area contributed by atoms with Crippen molar-refractivity contribution in [3.63, 3.8) is 0 Å². The molecule has 0 bridgehead atoms. The van der Waals surface area contributed by atoms with Crippen LogP contribution in [0.15, 0.2) is 53.4 Å². The number of carbonyl (C=O) groups is 1. The minimum absolute atomic E-state index is 0.0204. The fourth-order valence-electron chi connectivity index (χ4n) is 4.12. The molecule has 0 saturated carbocycles. The molecule has 1 aromatic heterocycles. The molecule has 1 aliphatic heterocycles. The van der Waals surface area contributed by atoms with Gasteiger partial charge in [0.1, 0.15) is 16.9 Å². The van der Waals surface area contributed by atoms with E-state index in [0.717, 1.165) is 16.0 Å². The van der Waals surface area contributed by atoms with E-state index < -0.39 is 10.0 Å². The third-order valence-electron chi connectivity index (χ3n) is 5.70. The number of hydrogen-bond acceptors (Lipinski definition) is 6. The highest BCUT2D eigenvalue weighted by molar-refractivity contribution is 7.89. The van der Waals surface area contributed by atoms with Crippen molar-refractivity contribution in [1.82, 2.24) is 5.32 Å². The van der Waals surface area contributed by atoms with Gasteiger partial charge < -0.3 is 10.6 Å². The summed E-state index contributed by atoms with van der Waals surface area (Å²) in [6, 6.07) is 14.5. The third kappa shape index (κ3) is 5.51. The number of carbonyl (C=O) groups excluding carboxylic acids is 1. The van der Waals surface area contributed by atoms with Crippen LogP contribution >= 0.6 is 11.3 Å². The Morgan fingerprint density at radius 3 is 2.68 bits per heavy atom. The number of anilines is 1. The van der Waals surface area contributed by atoms with Crippen LogP contribution in [0.5, 0.6) is 0 Å². The Hall–Kier alpha value is -3.10. The second-order valence-electron chi connectivity index (χ2n) is 8.16. The molecular formula is C24H23FN4O3S2. The maximum absolute atomic E-state index is 13.7. The molecule has 4 rings (SSSR count). The highest BCUT2D eigenvalue weighted by Crippen LogP contribution is 2.40. The highest BCUT2D eigenvalue weighted by Gasteiger charge is 2.27. The molecule has 0 fully saturated rings. The molecule has 34 heavy (non-hydrogen) atoms. The first-order valence-electron chi connectivity index (χ1n) is 10.7. The van der Waals surface area contributed by atoms with E-state index in [4.69, 9.17) is 5.14 Å². The van der Waals surface area contributed by atoms with Gasteiger partial charge >= 0.3 is 0 Å². The molecule has 0 radical (unpaired) electrons. The molecule has 3 aromatic rings. The second kappa shape index (κ2) is 10.0. The Kier molecular flexibility index (Phi) is 7.09. The smallest absolute Gasteiger partial charge is 0.238 e. The molecule has 0 spiro atoms. The summed E-state index contributed by atoms with van der Waals surface area (Å²) in [6.07, 6.45) is 1.30. The normalized spacial score (nSPS) is 15.7. The van der Waals surface area contributed by atoms with E-state index in [9.17, 15) is 22.9 Å². The van der Waals surface area contributed by atoms with E-state index in [1.807, 2.05) is 6.07 Å². The number of benzene rings is 2. The first-order chi connectivity index (χ1) is 16.2. The summed E-state index contributed by atoms with van der Waals surface area (Å²) in [7, 11) is -3.80. The average Bonchev–Trinajstić information content (AvgIpc) is 3.00. The van der Waals surface area contributed by atoms with Crippen molar-refractivity contribution < 1.29 is 17.6 Å². The van der Waals surface area contributed by atoms with Gasteiger partial charge in [-0.25, -0.2) is 17.9 Å². The first-order valence-corrected chi connectivity index (χ1v) is 13.0. The molecule has 0 saturated heterocycles. The number of halogens is 1. The Bertz CT molecular complexity index is 1360. The highest BCUT2D eigenvalue weighted by atomic mass is 32.2. The van der Waals surface area contributed by atoms with Gasteiger partial charge in [-0.1, -0.05) is 24.3 Å². The Morgan fingerprint density at radius 2 is 2.00 bits per heavy atom. The van der Waals surface area contributed by atoms with Gasteiger partial charge in [-0.3, -0.25) is 4.79 Å². The number of nitrogens with one attached hydrogen (secondary N) is 2. The summed E-state index contributed by atoms with van der Waals surface area (Å²) in [4.78, 5) is 13.7. The van der Waals surface area contributed by atoms with Crippen LogP contribution in [-0.4, -0.2) is 27.4 Å². The van der Waals surface area contributed by atoms with Crippen molar-refractivity contribution in [2.75, 3.05) is 18.4 Å². The maximum Gasteiger partial charge on any atom is 0.238 e. The van der Waals surface area contributed by atoms with Crippen molar-refractivity contribution in [1.29, 1.82) is 5.26 Å². The number of nitrogens with zero attached hydrogens (tertiary/aromatic N) is 1. The lowest BCUT2D eigenvalue weighted by molar-refractivity contribution is -0.115. The summed E-state index contributed by atoms with van der Waals surface area (Å²) in [6.45, 7) is 1.40. The largest absolute Gasteiger partial charge is 0.316 e. The molecule has 1 unspecified atom stereocenters. The summed E-state index contributed by atoms with van der Waals surface area (Å²) in [5.74, 6) is -0.544. The van der Waals surface area contributed by atoms with E-state index in [1.54, 1.807) is 6.07 Å². The zero-order chi connectivity index (χ0) is 24.3. The lowest BCUT2D eigenvalue weighted by Gasteiger charge is -2.15. The van der Waals surface area contributed by atoms with Gasteiger partial charge in [0, 0.05) is 17.3 Å². The number of thiophene rings is 1. The quantitative estimate of drug-likeness (QED) is 0.482. The second-order valence-corrected chi connectivity index (χ2v) is 10.8. The van der Waals surface area contributed by atoms with Gasteiger partial charge in [0.15, 0.2) is 0 Å². The first kappa shape index (κ1) is 24.0. The van der Waals surface area contributed by atoms with Crippen LogP contribution < -0.4 is 15.8 Å². The van der Waals surface area contributed by atoms with Crippen LogP contribution in [-0.2, 0) is 34.1 Å². The van der Waals surface area contributed by atoms with E-state index in [-0.39, 0.29) is 29.0 Å². The Morgan fingerprint density at radius 1 is 1.24 bits per heavy atom. The summed E-state index contributed by atoms with van der Waals surface area (Å²) in [5, 5.41) is 21.7. The Labute approximate surface area is 201 Å². The number of hydrogen-bond donors (Lipinski definition) is 3. The molecule has 2 heterocycles. The molecule has 4 N–H and O–H groups in total. The standard InChI is InChI=1S/C24H23FN4O3S2/c25-18-3-1-2-16(11-18)10-17-14-28-9-8-20-21(13-26)24(33-23(17)20)29-22(30)12-15-4-6-19(7-5-15)34(27,31)32/h1-7,11,17,28H,8-10,12,14H2,(H,29,30)(H2,27,31,32). The fraction of sp³-hybridized carbons (Fsp3) is 0.250. The number of amides is 1. The van der Waals surface area contributed by atoms with Crippen LogP contribution in [0, 0.1) is 17.1 Å². The van der Waals surface area contributed by atoms with Crippen molar-refractivity contribution in [3.05, 3.63) is 81.5 Å². The lowest BCUT2D eigenvalue weighted by atomic mass is 9.94. The zero-order valence-corrected chi connectivity index (χ0v) is 19.8. The monoisotopic (exact) mass is 498 g/mol. The zero-order valence-electron chi connectivity index (χ0n) is 18.2. The van der Waals surface area contributed by atoms with E-state index in [2.05, 4.69) is 16.7 Å². The minimum Gasteiger partial charge on any atom is -0.316 e. The molecule has 1 aliphatic rings. The number of sulfonamides is 1. The minimum atomic E-state index is -3.80. The molecule has 2 aromatic carbocycles. The molecule has 10 heteroatoms. The predicted molar refractivity (Wildman–Crippen MR) is 129 cm³/mol. The molecule has 1 atom stereocenters. The van der Waals surface area contributed by atoms with Gasteiger partial charge in [-0.05, 0) is 60.3 Å². The SMILES string of the molecule is N#Cc1c(NC(=O)Cc2ccc(S(N)(=O)=O)cc2)sc2c1CCNCC2Cc1cccc(F)c1. The molecular weight excluding hydrogens is 475 g/mol. The summed E-state index contributed by atoms with van der Waals surface area (Å²) >= 11 is 1.39.